The van der Waals surface area contributed by atoms with Crippen molar-refractivity contribution in [2.75, 3.05) is 0 Å². The molecule has 0 bridgehead atoms. The van der Waals surface area contributed by atoms with Crippen molar-refractivity contribution in [3.8, 4) is 17.2 Å². The summed E-state index contributed by atoms with van der Waals surface area (Å²) in [7, 11) is 0. The van der Waals surface area contributed by atoms with Gasteiger partial charge in [-0.3, -0.25) is 0 Å². The highest BCUT2D eigenvalue weighted by atomic mass is 35.5. The minimum absolute atomic E-state index is 0.663. The second-order valence-electron chi connectivity index (χ2n) is 4.44. The summed E-state index contributed by atoms with van der Waals surface area (Å²) in [4.78, 5) is 0. The molecule has 0 aliphatic carbocycles. The minimum atomic E-state index is 0.663. The molecule has 6 nitrogen and oxygen atoms in total. The Kier molecular flexibility index (Phi) is 2.68. The molecule has 0 fully saturated rings. The summed E-state index contributed by atoms with van der Waals surface area (Å²) in [6.45, 7) is 0. The van der Waals surface area contributed by atoms with Gasteiger partial charge in [0.15, 0.2) is 17.3 Å². The Morgan fingerprint density at radius 3 is 2.57 bits per heavy atom. The van der Waals surface area contributed by atoms with Crippen LogP contribution in [0, 0.1) is 0 Å². The Labute approximate surface area is 124 Å². The standard InChI is InChI=1S/C14H9ClN6/c15-11-4-2-10(3-5-11)14-18-17-12-6-7-13(19-21(12)14)20-9-1-8-16-20/h1-9H. The van der Waals surface area contributed by atoms with Gasteiger partial charge in [0.2, 0.25) is 0 Å². The van der Waals surface area contributed by atoms with E-state index in [4.69, 9.17) is 11.6 Å². The van der Waals surface area contributed by atoms with Gasteiger partial charge < -0.3 is 0 Å². The molecule has 0 atom stereocenters. The van der Waals surface area contributed by atoms with Crippen molar-refractivity contribution in [2.24, 2.45) is 0 Å². The lowest BCUT2D eigenvalue weighted by Crippen LogP contribution is -2.03. The van der Waals surface area contributed by atoms with E-state index in [-0.39, 0.29) is 0 Å². The fraction of sp³-hybridized carbons (Fsp3) is 0. The van der Waals surface area contributed by atoms with Crippen molar-refractivity contribution in [1.82, 2.24) is 29.6 Å². The Balaban J connectivity index is 1.90. The quantitative estimate of drug-likeness (QED) is 0.570. The van der Waals surface area contributed by atoms with Crippen LogP contribution in [0.4, 0.5) is 0 Å². The average molecular weight is 297 g/mol. The molecule has 102 valence electrons. The maximum absolute atomic E-state index is 5.91. The van der Waals surface area contributed by atoms with Gasteiger partial charge in [-0.15, -0.1) is 15.3 Å². The maximum Gasteiger partial charge on any atom is 0.185 e. The zero-order valence-corrected chi connectivity index (χ0v) is 11.5. The van der Waals surface area contributed by atoms with Crippen molar-refractivity contribution in [2.45, 2.75) is 0 Å². The highest BCUT2D eigenvalue weighted by Crippen LogP contribution is 2.20. The predicted molar refractivity (Wildman–Crippen MR) is 78.4 cm³/mol. The largest absolute Gasteiger partial charge is 0.221 e. The number of aromatic nitrogens is 6. The lowest BCUT2D eigenvalue weighted by atomic mass is 10.2. The number of rotatable bonds is 2. The Morgan fingerprint density at radius 1 is 0.952 bits per heavy atom. The van der Waals surface area contributed by atoms with Gasteiger partial charge in [-0.1, -0.05) is 11.6 Å². The molecule has 4 rings (SSSR count). The van der Waals surface area contributed by atoms with E-state index in [1.807, 2.05) is 48.7 Å². The molecular weight excluding hydrogens is 288 g/mol. The summed E-state index contributed by atoms with van der Waals surface area (Å²) in [5, 5.41) is 17.7. The first kappa shape index (κ1) is 12.0. The smallest absolute Gasteiger partial charge is 0.185 e. The van der Waals surface area contributed by atoms with Crippen molar-refractivity contribution in [1.29, 1.82) is 0 Å². The van der Waals surface area contributed by atoms with Crippen LogP contribution in [0.15, 0.2) is 54.9 Å². The Hall–Kier alpha value is -2.73. The molecule has 0 aliphatic heterocycles. The molecule has 0 saturated heterocycles. The molecule has 7 heteroatoms. The maximum atomic E-state index is 5.91. The Morgan fingerprint density at radius 2 is 1.81 bits per heavy atom. The van der Waals surface area contributed by atoms with Crippen LogP contribution in [0.1, 0.15) is 0 Å². The lowest BCUT2D eigenvalue weighted by molar-refractivity contribution is 0.794. The topological polar surface area (TPSA) is 60.9 Å². The molecular formula is C14H9ClN6. The molecule has 0 spiro atoms. The van der Waals surface area contributed by atoms with Crippen LogP contribution < -0.4 is 0 Å². The monoisotopic (exact) mass is 296 g/mol. The van der Waals surface area contributed by atoms with Gasteiger partial charge in [-0.05, 0) is 42.5 Å². The van der Waals surface area contributed by atoms with E-state index in [1.54, 1.807) is 15.4 Å². The molecule has 0 aliphatic rings. The molecule has 0 unspecified atom stereocenters. The molecule has 0 radical (unpaired) electrons. The van der Waals surface area contributed by atoms with Gasteiger partial charge in [0.05, 0.1) is 0 Å². The van der Waals surface area contributed by atoms with Crippen molar-refractivity contribution >= 4 is 17.2 Å². The highest BCUT2D eigenvalue weighted by Gasteiger charge is 2.10. The third-order valence-electron chi connectivity index (χ3n) is 3.09. The summed E-state index contributed by atoms with van der Waals surface area (Å²) in [6, 6.07) is 13.0. The van der Waals surface area contributed by atoms with Crippen molar-refractivity contribution in [3.63, 3.8) is 0 Å². The molecule has 3 heterocycles. The SMILES string of the molecule is Clc1ccc(-c2nnc3ccc(-n4cccn4)nn23)cc1. The number of halogens is 1. The summed E-state index contributed by atoms with van der Waals surface area (Å²) < 4.78 is 3.38. The van der Waals surface area contributed by atoms with E-state index in [1.165, 1.54) is 0 Å². The first-order valence-corrected chi connectivity index (χ1v) is 6.67. The number of benzene rings is 1. The van der Waals surface area contributed by atoms with Crippen LogP contribution >= 0.6 is 11.6 Å². The van der Waals surface area contributed by atoms with Crippen LogP contribution in [0.25, 0.3) is 22.9 Å². The zero-order valence-electron chi connectivity index (χ0n) is 10.8. The molecule has 0 amide bonds. The molecule has 0 saturated carbocycles. The van der Waals surface area contributed by atoms with Crippen LogP contribution in [0.5, 0.6) is 0 Å². The van der Waals surface area contributed by atoms with Crippen molar-refractivity contribution < 1.29 is 0 Å². The van der Waals surface area contributed by atoms with Gasteiger partial charge in [0, 0.05) is 23.0 Å². The minimum Gasteiger partial charge on any atom is -0.221 e. The predicted octanol–water partition coefficient (Wildman–Crippen LogP) is 2.63. The fourth-order valence-corrected chi connectivity index (χ4v) is 2.21. The third-order valence-corrected chi connectivity index (χ3v) is 3.34. The molecule has 21 heavy (non-hydrogen) atoms. The van der Waals surface area contributed by atoms with Crippen LogP contribution in [0.3, 0.4) is 0 Å². The average Bonchev–Trinajstić information content (AvgIpc) is 3.17. The fourth-order valence-electron chi connectivity index (χ4n) is 2.08. The number of nitrogens with zero attached hydrogens (tertiary/aromatic N) is 6. The number of hydrogen-bond donors (Lipinski definition) is 0. The summed E-state index contributed by atoms with van der Waals surface area (Å²) >= 11 is 5.91. The molecule has 1 aromatic carbocycles. The summed E-state index contributed by atoms with van der Waals surface area (Å²) in [5.74, 6) is 1.36. The first-order chi connectivity index (χ1) is 10.3. The van der Waals surface area contributed by atoms with E-state index in [0.29, 0.717) is 22.3 Å². The normalized spacial score (nSPS) is 11.1. The molecule has 0 N–H and O–H groups in total. The van der Waals surface area contributed by atoms with Gasteiger partial charge in [-0.25, -0.2) is 4.68 Å². The summed E-state index contributed by atoms with van der Waals surface area (Å²) in [5.41, 5.74) is 1.58. The van der Waals surface area contributed by atoms with E-state index >= 15 is 0 Å². The Bertz CT molecular complexity index is 895. The van der Waals surface area contributed by atoms with Crippen LogP contribution in [-0.4, -0.2) is 29.6 Å². The second-order valence-corrected chi connectivity index (χ2v) is 4.88. The van der Waals surface area contributed by atoms with Crippen LogP contribution in [-0.2, 0) is 0 Å². The lowest BCUT2D eigenvalue weighted by Gasteiger charge is -2.03. The number of fused-ring (bicyclic) bond motifs is 1. The van der Waals surface area contributed by atoms with Gasteiger partial charge >= 0.3 is 0 Å². The highest BCUT2D eigenvalue weighted by molar-refractivity contribution is 6.30. The van der Waals surface area contributed by atoms with Crippen LogP contribution in [0.2, 0.25) is 5.02 Å². The summed E-state index contributed by atoms with van der Waals surface area (Å²) in [6.07, 6.45) is 3.54. The molecule has 4 aromatic rings. The second kappa shape index (κ2) is 4.68. The van der Waals surface area contributed by atoms with Gasteiger partial charge in [0.1, 0.15) is 0 Å². The third kappa shape index (κ3) is 2.05. The van der Waals surface area contributed by atoms with Gasteiger partial charge in [0.25, 0.3) is 0 Å². The zero-order chi connectivity index (χ0) is 14.2. The van der Waals surface area contributed by atoms with E-state index in [0.717, 1.165) is 5.56 Å². The van der Waals surface area contributed by atoms with E-state index in [9.17, 15) is 0 Å². The molecule has 3 aromatic heterocycles. The van der Waals surface area contributed by atoms with E-state index in [2.05, 4.69) is 20.4 Å². The van der Waals surface area contributed by atoms with E-state index < -0.39 is 0 Å². The number of hydrogen-bond acceptors (Lipinski definition) is 4. The van der Waals surface area contributed by atoms with Crippen molar-refractivity contribution in [3.05, 3.63) is 59.9 Å². The first-order valence-electron chi connectivity index (χ1n) is 6.30. The van der Waals surface area contributed by atoms with Gasteiger partial charge in [-0.2, -0.15) is 9.61 Å².